The minimum absolute atomic E-state index is 0.120. The van der Waals surface area contributed by atoms with Gasteiger partial charge in [-0.25, -0.2) is 0 Å². The molecule has 3 unspecified atom stereocenters. The summed E-state index contributed by atoms with van der Waals surface area (Å²) >= 11 is 0. The molecule has 2 saturated heterocycles. The van der Waals surface area contributed by atoms with Gasteiger partial charge in [0.05, 0.1) is 12.6 Å². The summed E-state index contributed by atoms with van der Waals surface area (Å²) in [6.45, 7) is 2.70. The third kappa shape index (κ3) is 2.50. The fraction of sp³-hybridized carbons (Fsp3) is 0.692. The van der Waals surface area contributed by atoms with Crippen molar-refractivity contribution in [1.29, 1.82) is 0 Å². The summed E-state index contributed by atoms with van der Waals surface area (Å²) in [6.07, 6.45) is 7.95. The largest absolute Gasteiger partial charge is 0.367 e. The maximum atomic E-state index is 5.84. The SMILES string of the molecule is C#CCC(N)c1nc(C2CN3CCCC3CO2)no1. The van der Waals surface area contributed by atoms with E-state index in [2.05, 4.69) is 21.0 Å². The van der Waals surface area contributed by atoms with Crippen LogP contribution in [0.2, 0.25) is 0 Å². The van der Waals surface area contributed by atoms with E-state index in [-0.39, 0.29) is 6.10 Å². The van der Waals surface area contributed by atoms with Gasteiger partial charge in [-0.1, -0.05) is 5.16 Å². The number of morpholine rings is 1. The molecule has 2 N–H and O–H groups in total. The molecule has 6 heteroatoms. The summed E-state index contributed by atoms with van der Waals surface area (Å²) in [7, 11) is 0. The van der Waals surface area contributed by atoms with Crippen LogP contribution in [0.3, 0.4) is 0 Å². The van der Waals surface area contributed by atoms with E-state index in [0.29, 0.717) is 24.2 Å². The van der Waals surface area contributed by atoms with Gasteiger partial charge in [0, 0.05) is 19.0 Å². The number of fused-ring (bicyclic) bond motifs is 1. The first-order chi connectivity index (χ1) is 9.28. The van der Waals surface area contributed by atoms with Gasteiger partial charge < -0.3 is 15.0 Å². The van der Waals surface area contributed by atoms with Crippen molar-refractivity contribution in [3.63, 3.8) is 0 Å². The van der Waals surface area contributed by atoms with Crippen LogP contribution >= 0.6 is 0 Å². The number of hydrogen-bond donors (Lipinski definition) is 1. The summed E-state index contributed by atoms with van der Waals surface area (Å²) in [6, 6.07) is 0.167. The molecule has 2 fully saturated rings. The number of ether oxygens (including phenoxy) is 1. The van der Waals surface area contributed by atoms with E-state index in [1.807, 2.05) is 0 Å². The maximum absolute atomic E-state index is 5.84. The van der Waals surface area contributed by atoms with Crippen molar-refractivity contribution in [3.8, 4) is 12.3 Å². The number of hydrogen-bond acceptors (Lipinski definition) is 6. The molecule has 1 aromatic heterocycles. The van der Waals surface area contributed by atoms with Crippen LogP contribution in [0.4, 0.5) is 0 Å². The van der Waals surface area contributed by atoms with E-state index in [0.717, 1.165) is 19.7 Å². The van der Waals surface area contributed by atoms with Crippen molar-refractivity contribution in [2.75, 3.05) is 19.7 Å². The van der Waals surface area contributed by atoms with Crippen molar-refractivity contribution in [1.82, 2.24) is 15.0 Å². The van der Waals surface area contributed by atoms with E-state index < -0.39 is 6.04 Å². The first-order valence-electron chi connectivity index (χ1n) is 6.66. The fourth-order valence-corrected chi connectivity index (χ4v) is 2.72. The van der Waals surface area contributed by atoms with Gasteiger partial charge in [0.2, 0.25) is 11.7 Å². The van der Waals surface area contributed by atoms with Gasteiger partial charge in [-0.2, -0.15) is 4.98 Å². The molecule has 1 aromatic rings. The molecule has 0 aliphatic carbocycles. The monoisotopic (exact) mass is 262 g/mol. The Hall–Kier alpha value is -1.42. The topological polar surface area (TPSA) is 77.4 Å². The first-order valence-corrected chi connectivity index (χ1v) is 6.66. The molecule has 0 spiro atoms. The summed E-state index contributed by atoms with van der Waals surface area (Å²) in [4.78, 5) is 6.75. The van der Waals surface area contributed by atoms with E-state index in [4.69, 9.17) is 21.4 Å². The van der Waals surface area contributed by atoms with Gasteiger partial charge >= 0.3 is 0 Å². The number of nitrogens with two attached hydrogens (primary N) is 1. The Morgan fingerprint density at radius 2 is 2.47 bits per heavy atom. The summed E-state index contributed by atoms with van der Waals surface area (Å²) in [5.41, 5.74) is 5.84. The summed E-state index contributed by atoms with van der Waals surface area (Å²) < 4.78 is 11.0. The molecule has 0 radical (unpaired) electrons. The summed E-state index contributed by atoms with van der Waals surface area (Å²) in [5, 5.41) is 3.97. The van der Waals surface area contributed by atoms with Gasteiger partial charge in [-0.3, -0.25) is 4.90 Å². The van der Waals surface area contributed by atoms with Crippen LogP contribution in [0, 0.1) is 12.3 Å². The molecule has 2 aliphatic heterocycles. The summed E-state index contributed by atoms with van der Waals surface area (Å²) in [5.74, 6) is 3.46. The van der Waals surface area contributed by atoms with Crippen molar-refractivity contribution >= 4 is 0 Å². The minimum Gasteiger partial charge on any atom is -0.367 e. The molecule has 3 rings (SSSR count). The lowest BCUT2D eigenvalue weighted by Crippen LogP contribution is -2.42. The molecule has 0 bridgehead atoms. The lowest BCUT2D eigenvalue weighted by Gasteiger charge is -2.33. The van der Waals surface area contributed by atoms with E-state index in [9.17, 15) is 0 Å². The Morgan fingerprint density at radius 1 is 1.58 bits per heavy atom. The zero-order valence-electron chi connectivity index (χ0n) is 10.8. The van der Waals surface area contributed by atoms with Gasteiger partial charge in [0.1, 0.15) is 6.10 Å². The predicted molar refractivity (Wildman–Crippen MR) is 68.0 cm³/mol. The van der Waals surface area contributed by atoms with E-state index >= 15 is 0 Å². The van der Waals surface area contributed by atoms with Gasteiger partial charge in [-0.15, -0.1) is 12.3 Å². The zero-order valence-corrected chi connectivity index (χ0v) is 10.8. The highest BCUT2D eigenvalue weighted by Gasteiger charge is 2.35. The van der Waals surface area contributed by atoms with Gasteiger partial charge in [-0.05, 0) is 19.4 Å². The molecule has 6 nitrogen and oxygen atoms in total. The highest BCUT2D eigenvalue weighted by molar-refractivity contribution is 5.01. The second-order valence-electron chi connectivity index (χ2n) is 5.12. The molecule has 102 valence electrons. The van der Waals surface area contributed by atoms with Crippen molar-refractivity contribution in [3.05, 3.63) is 11.7 Å². The lowest BCUT2D eigenvalue weighted by atomic mass is 10.2. The zero-order chi connectivity index (χ0) is 13.2. The van der Waals surface area contributed by atoms with Crippen LogP contribution in [-0.4, -0.2) is 40.8 Å². The van der Waals surface area contributed by atoms with Gasteiger partial charge in [0.15, 0.2) is 0 Å². The third-order valence-corrected chi connectivity index (χ3v) is 3.79. The van der Waals surface area contributed by atoms with Crippen molar-refractivity contribution in [2.24, 2.45) is 5.73 Å². The molecule has 0 aromatic carbocycles. The second-order valence-corrected chi connectivity index (χ2v) is 5.12. The number of terminal acetylenes is 1. The Balaban J connectivity index is 1.68. The molecule has 0 saturated carbocycles. The molecule has 2 aliphatic rings. The molecular formula is C13H18N4O2. The Bertz CT molecular complexity index is 481. The standard InChI is InChI=1S/C13H18N4O2/c1-2-4-10(14)13-15-12(16-19-13)11-7-17-6-3-5-9(17)8-18-11/h1,9-11H,3-8,14H2. The lowest BCUT2D eigenvalue weighted by molar-refractivity contribution is -0.0548. The molecule has 3 heterocycles. The normalized spacial score (nSPS) is 28.8. The van der Waals surface area contributed by atoms with Crippen LogP contribution in [-0.2, 0) is 4.74 Å². The van der Waals surface area contributed by atoms with Crippen molar-refractivity contribution < 1.29 is 9.26 Å². The predicted octanol–water partition coefficient (Wildman–Crippen LogP) is 0.628. The van der Waals surface area contributed by atoms with Crippen LogP contribution in [0.15, 0.2) is 4.52 Å². The highest BCUT2D eigenvalue weighted by Crippen LogP contribution is 2.29. The molecular weight excluding hydrogens is 244 g/mol. The van der Waals surface area contributed by atoms with Gasteiger partial charge in [0.25, 0.3) is 0 Å². The fourth-order valence-electron chi connectivity index (χ4n) is 2.72. The Morgan fingerprint density at radius 3 is 3.32 bits per heavy atom. The molecule has 19 heavy (non-hydrogen) atoms. The number of nitrogens with zero attached hydrogens (tertiary/aromatic N) is 3. The average molecular weight is 262 g/mol. The van der Waals surface area contributed by atoms with Crippen LogP contribution in [0.5, 0.6) is 0 Å². The highest BCUT2D eigenvalue weighted by atomic mass is 16.5. The van der Waals surface area contributed by atoms with Crippen LogP contribution < -0.4 is 5.73 Å². The first kappa shape index (κ1) is 12.6. The van der Waals surface area contributed by atoms with Crippen molar-refractivity contribution in [2.45, 2.75) is 37.5 Å². The Kier molecular flexibility index (Phi) is 3.51. The average Bonchev–Trinajstić information content (AvgIpc) is 3.07. The second kappa shape index (κ2) is 5.29. The number of aromatic nitrogens is 2. The molecule has 0 amide bonds. The van der Waals surface area contributed by atoms with E-state index in [1.165, 1.54) is 12.8 Å². The van der Waals surface area contributed by atoms with Crippen LogP contribution in [0.1, 0.15) is 43.1 Å². The number of rotatable bonds is 3. The Labute approximate surface area is 112 Å². The molecule has 3 atom stereocenters. The smallest absolute Gasteiger partial charge is 0.244 e. The quantitative estimate of drug-likeness (QED) is 0.805. The third-order valence-electron chi connectivity index (χ3n) is 3.79. The minimum atomic E-state index is -0.394. The maximum Gasteiger partial charge on any atom is 0.244 e. The van der Waals surface area contributed by atoms with Crippen LogP contribution in [0.25, 0.3) is 0 Å². The van der Waals surface area contributed by atoms with E-state index in [1.54, 1.807) is 0 Å².